The number of piperidine rings is 1. The Labute approximate surface area is 189 Å². The number of likely N-dealkylation sites (tertiary alicyclic amines) is 1. The second-order valence-corrected chi connectivity index (χ2v) is 9.67. The van der Waals surface area contributed by atoms with Gasteiger partial charge in [-0.2, -0.15) is 0 Å². The van der Waals surface area contributed by atoms with E-state index < -0.39 is 5.97 Å². The highest BCUT2D eigenvalue weighted by Crippen LogP contribution is 2.40. The Kier molecular flexibility index (Phi) is 7.92. The van der Waals surface area contributed by atoms with Crippen molar-refractivity contribution in [2.24, 2.45) is 5.92 Å². The summed E-state index contributed by atoms with van der Waals surface area (Å²) in [6.07, 6.45) is 8.42. The smallest absolute Gasteiger partial charge is 0.350 e. The molecule has 0 N–H and O–H groups in total. The molecule has 1 aliphatic carbocycles. The Morgan fingerprint density at radius 3 is 2.48 bits per heavy atom. The molecule has 1 aromatic heterocycles. The number of amides is 2. The Hall–Kier alpha value is -2.15. The number of methoxy groups -OCH3 is 1. The Balaban J connectivity index is 1.92. The largest absolute Gasteiger partial charge is 0.465 e. The van der Waals surface area contributed by atoms with Gasteiger partial charge >= 0.3 is 5.97 Å². The standard InChI is InChI=1S/C24H34N2O4S/c1-5-21(27)26(18-11-13-25(14-12-18)23(28)16(2)3)19-15-20(17-9-7-6-8-10-17)31-22(19)24(29)30-4/h9,15-16,18H,5-8,10-14H2,1-4H3. The Morgan fingerprint density at radius 1 is 1.23 bits per heavy atom. The number of hydrogen-bond acceptors (Lipinski definition) is 5. The van der Waals surface area contributed by atoms with Crippen molar-refractivity contribution in [1.82, 2.24) is 4.90 Å². The zero-order valence-corrected chi connectivity index (χ0v) is 19.9. The quantitative estimate of drug-likeness (QED) is 0.584. The van der Waals surface area contributed by atoms with E-state index in [0.29, 0.717) is 42.9 Å². The molecule has 0 saturated carbocycles. The first-order valence-corrected chi connectivity index (χ1v) is 12.2. The fourth-order valence-electron chi connectivity index (χ4n) is 4.43. The fourth-order valence-corrected chi connectivity index (χ4v) is 5.57. The number of rotatable bonds is 6. The third-order valence-electron chi connectivity index (χ3n) is 6.16. The van der Waals surface area contributed by atoms with Crippen molar-refractivity contribution in [3.63, 3.8) is 0 Å². The number of carbonyl (C=O) groups excluding carboxylic acids is 3. The van der Waals surface area contributed by atoms with Gasteiger partial charge in [-0.3, -0.25) is 9.59 Å². The summed E-state index contributed by atoms with van der Waals surface area (Å²) in [5.74, 6) is -0.270. The first-order chi connectivity index (χ1) is 14.9. The number of carbonyl (C=O) groups is 3. The lowest BCUT2D eigenvalue weighted by molar-refractivity contribution is -0.135. The maximum Gasteiger partial charge on any atom is 0.350 e. The number of thiophene rings is 1. The first kappa shape index (κ1) is 23.5. The summed E-state index contributed by atoms with van der Waals surface area (Å²) in [4.78, 5) is 43.3. The van der Waals surface area contributed by atoms with E-state index in [1.165, 1.54) is 30.4 Å². The summed E-state index contributed by atoms with van der Waals surface area (Å²) >= 11 is 1.43. The van der Waals surface area contributed by atoms with Gasteiger partial charge in [0.05, 0.1) is 12.8 Å². The van der Waals surface area contributed by atoms with Gasteiger partial charge in [0.15, 0.2) is 0 Å². The molecule has 0 bridgehead atoms. The van der Waals surface area contributed by atoms with E-state index >= 15 is 0 Å². The van der Waals surface area contributed by atoms with Crippen LogP contribution in [0.5, 0.6) is 0 Å². The average Bonchev–Trinajstić information content (AvgIpc) is 3.24. The maximum absolute atomic E-state index is 13.1. The van der Waals surface area contributed by atoms with Gasteiger partial charge in [-0.15, -0.1) is 11.3 Å². The molecule has 0 unspecified atom stereocenters. The summed E-state index contributed by atoms with van der Waals surface area (Å²) in [7, 11) is 1.38. The van der Waals surface area contributed by atoms with Crippen molar-refractivity contribution >= 4 is 40.4 Å². The molecule has 0 aromatic carbocycles. The second-order valence-electron chi connectivity index (χ2n) is 8.62. The van der Waals surface area contributed by atoms with E-state index in [0.717, 1.165) is 24.1 Å². The molecule has 7 heteroatoms. The molecule has 2 heterocycles. The van der Waals surface area contributed by atoms with Gasteiger partial charge < -0.3 is 14.5 Å². The summed E-state index contributed by atoms with van der Waals surface area (Å²) in [6, 6.07) is 1.97. The lowest BCUT2D eigenvalue weighted by atomic mass is 9.97. The Morgan fingerprint density at radius 2 is 1.94 bits per heavy atom. The van der Waals surface area contributed by atoms with Crippen LogP contribution in [0.3, 0.4) is 0 Å². The predicted octanol–water partition coefficient (Wildman–Crippen LogP) is 4.88. The fraction of sp³-hybridized carbons (Fsp3) is 0.625. The molecule has 1 aliphatic heterocycles. The van der Waals surface area contributed by atoms with Crippen LogP contribution in [0.4, 0.5) is 5.69 Å². The van der Waals surface area contributed by atoms with Crippen molar-refractivity contribution in [1.29, 1.82) is 0 Å². The van der Waals surface area contributed by atoms with Gasteiger partial charge in [0.1, 0.15) is 4.88 Å². The second kappa shape index (κ2) is 10.4. The van der Waals surface area contributed by atoms with Crippen LogP contribution in [-0.4, -0.2) is 48.9 Å². The van der Waals surface area contributed by atoms with Crippen LogP contribution in [0.25, 0.3) is 5.57 Å². The number of anilines is 1. The normalized spacial score (nSPS) is 17.5. The number of allylic oxidation sites excluding steroid dienone is 2. The molecule has 2 amide bonds. The topological polar surface area (TPSA) is 66.9 Å². The summed E-state index contributed by atoms with van der Waals surface area (Å²) < 4.78 is 5.06. The van der Waals surface area contributed by atoms with E-state index in [9.17, 15) is 14.4 Å². The predicted molar refractivity (Wildman–Crippen MR) is 124 cm³/mol. The molecule has 1 aromatic rings. The molecule has 1 fully saturated rings. The zero-order valence-electron chi connectivity index (χ0n) is 19.1. The third-order valence-corrected chi connectivity index (χ3v) is 7.34. The number of esters is 1. The van der Waals surface area contributed by atoms with E-state index in [4.69, 9.17) is 4.74 Å². The van der Waals surface area contributed by atoms with Crippen LogP contribution in [0, 0.1) is 5.92 Å². The van der Waals surface area contributed by atoms with E-state index in [-0.39, 0.29) is 23.8 Å². The van der Waals surface area contributed by atoms with Crippen LogP contribution in [0.2, 0.25) is 0 Å². The van der Waals surface area contributed by atoms with Crippen LogP contribution in [-0.2, 0) is 14.3 Å². The molecule has 3 rings (SSSR count). The van der Waals surface area contributed by atoms with Gasteiger partial charge in [0, 0.05) is 36.3 Å². The molecule has 31 heavy (non-hydrogen) atoms. The SMILES string of the molecule is CCC(=O)N(c1cc(C2=CCCCC2)sc1C(=O)OC)C1CCN(C(=O)C(C)C)CC1. The molecule has 2 aliphatic rings. The highest BCUT2D eigenvalue weighted by atomic mass is 32.1. The lowest BCUT2D eigenvalue weighted by Crippen LogP contribution is -2.49. The van der Waals surface area contributed by atoms with Crippen LogP contribution in [0.15, 0.2) is 12.1 Å². The highest BCUT2D eigenvalue weighted by molar-refractivity contribution is 7.15. The summed E-state index contributed by atoms with van der Waals surface area (Å²) in [5.41, 5.74) is 1.92. The van der Waals surface area contributed by atoms with Crippen molar-refractivity contribution in [2.45, 2.75) is 71.8 Å². The van der Waals surface area contributed by atoms with Crippen molar-refractivity contribution in [3.8, 4) is 0 Å². The average molecular weight is 447 g/mol. The van der Waals surface area contributed by atoms with E-state index in [2.05, 4.69) is 6.08 Å². The molecule has 0 spiro atoms. The molecular formula is C24H34N2O4S. The van der Waals surface area contributed by atoms with Crippen molar-refractivity contribution in [3.05, 3.63) is 21.9 Å². The van der Waals surface area contributed by atoms with Crippen LogP contribution in [0.1, 0.15) is 80.3 Å². The first-order valence-electron chi connectivity index (χ1n) is 11.4. The minimum absolute atomic E-state index is 0.000706. The Bertz CT molecular complexity index is 850. The molecular weight excluding hydrogens is 412 g/mol. The highest BCUT2D eigenvalue weighted by Gasteiger charge is 2.34. The van der Waals surface area contributed by atoms with E-state index in [1.807, 2.05) is 36.6 Å². The monoisotopic (exact) mass is 446 g/mol. The van der Waals surface area contributed by atoms with Gasteiger partial charge in [0.2, 0.25) is 11.8 Å². The third kappa shape index (κ3) is 5.20. The number of hydrogen-bond donors (Lipinski definition) is 0. The molecule has 1 saturated heterocycles. The molecule has 0 radical (unpaired) electrons. The molecule has 6 nitrogen and oxygen atoms in total. The number of nitrogens with zero attached hydrogens (tertiary/aromatic N) is 2. The molecule has 170 valence electrons. The van der Waals surface area contributed by atoms with Gasteiger partial charge in [-0.1, -0.05) is 26.8 Å². The summed E-state index contributed by atoms with van der Waals surface area (Å²) in [5, 5.41) is 0. The van der Waals surface area contributed by atoms with E-state index in [1.54, 1.807) is 0 Å². The maximum atomic E-state index is 13.1. The van der Waals surface area contributed by atoms with Crippen molar-refractivity contribution in [2.75, 3.05) is 25.1 Å². The number of ether oxygens (including phenoxy) is 1. The van der Waals surface area contributed by atoms with Gasteiger partial charge in [0.25, 0.3) is 0 Å². The van der Waals surface area contributed by atoms with Gasteiger partial charge in [-0.25, -0.2) is 4.79 Å². The summed E-state index contributed by atoms with van der Waals surface area (Å²) in [6.45, 7) is 6.94. The van der Waals surface area contributed by atoms with Crippen molar-refractivity contribution < 1.29 is 19.1 Å². The minimum Gasteiger partial charge on any atom is -0.465 e. The zero-order chi connectivity index (χ0) is 22.5. The minimum atomic E-state index is -0.399. The van der Waals surface area contributed by atoms with Crippen LogP contribution >= 0.6 is 11.3 Å². The lowest BCUT2D eigenvalue weighted by Gasteiger charge is -2.39. The van der Waals surface area contributed by atoms with Gasteiger partial charge in [-0.05, 0) is 50.2 Å². The van der Waals surface area contributed by atoms with Crippen LogP contribution < -0.4 is 4.90 Å². The molecule has 0 atom stereocenters.